The molecule has 7 heteroatoms. The van der Waals surface area contributed by atoms with Crippen molar-refractivity contribution in [1.82, 2.24) is 5.32 Å². The lowest BCUT2D eigenvalue weighted by Crippen LogP contribution is -2.48. The minimum absolute atomic E-state index is 0.0538. The number of rotatable bonds is 6. The van der Waals surface area contributed by atoms with Crippen LogP contribution in [0.4, 0.5) is 8.78 Å². The highest BCUT2D eigenvalue weighted by molar-refractivity contribution is 5.83. The first-order valence-electron chi connectivity index (χ1n) is 8.81. The van der Waals surface area contributed by atoms with Crippen molar-refractivity contribution in [2.45, 2.75) is 19.4 Å². The minimum atomic E-state index is -0.635. The molecule has 0 bridgehead atoms. The van der Waals surface area contributed by atoms with Crippen molar-refractivity contribution >= 4 is 5.91 Å². The molecule has 1 saturated heterocycles. The Morgan fingerprint density at radius 3 is 2.48 bits per heavy atom. The Labute approximate surface area is 156 Å². The van der Waals surface area contributed by atoms with Crippen LogP contribution in [0.5, 0.6) is 11.5 Å². The molecule has 1 aliphatic heterocycles. The van der Waals surface area contributed by atoms with E-state index >= 15 is 0 Å². The van der Waals surface area contributed by atoms with Crippen molar-refractivity contribution in [1.29, 1.82) is 0 Å². The molecule has 0 atom stereocenters. The van der Waals surface area contributed by atoms with Gasteiger partial charge in [0.15, 0.2) is 23.1 Å². The van der Waals surface area contributed by atoms with Gasteiger partial charge in [-0.1, -0.05) is 18.2 Å². The van der Waals surface area contributed by atoms with Crippen LogP contribution in [0.1, 0.15) is 18.4 Å². The van der Waals surface area contributed by atoms with Crippen molar-refractivity contribution in [3.8, 4) is 11.5 Å². The highest BCUT2D eigenvalue weighted by Gasteiger charge is 2.38. The van der Waals surface area contributed by atoms with E-state index in [1.165, 1.54) is 30.3 Å². The van der Waals surface area contributed by atoms with E-state index in [9.17, 15) is 13.6 Å². The quantitative estimate of drug-likeness (QED) is 0.812. The summed E-state index contributed by atoms with van der Waals surface area (Å²) >= 11 is 0. The number of hydrogen-bond donors (Lipinski definition) is 2. The monoisotopic (exact) mass is 376 g/mol. The first-order valence-corrected chi connectivity index (χ1v) is 8.81. The zero-order valence-corrected chi connectivity index (χ0v) is 14.8. The Kier molecular flexibility index (Phi) is 6.03. The molecule has 1 aliphatic rings. The molecule has 144 valence electrons. The van der Waals surface area contributed by atoms with E-state index in [-0.39, 0.29) is 30.5 Å². The van der Waals surface area contributed by atoms with E-state index in [0.29, 0.717) is 31.6 Å². The Morgan fingerprint density at radius 1 is 1.11 bits per heavy atom. The normalized spacial score (nSPS) is 16.0. The Morgan fingerprint density at radius 2 is 1.81 bits per heavy atom. The minimum Gasteiger partial charge on any atom is -0.451 e. The van der Waals surface area contributed by atoms with E-state index < -0.39 is 17.0 Å². The highest BCUT2D eigenvalue weighted by Crippen LogP contribution is 2.30. The van der Waals surface area contributed by atoms with Crippen molar-refractivity contribution in [3.05, 3.63) is 59.7 Å². The van der Waals surface area contributed by atoms with E-state index in [0.717, 1.165) is 0 Å². The molecule has 3 N–H and O–H groups in total. The van der Waals surface area contributed by atoms with Gasteiger partial charge in [-0.2, -0.15) is 0 Å². The molecular weight excluding hydrogens is 354 g/mol. The third-order valence-corrected chi connectivity index (χ3v) is 4.83. The van der Waals surface area contributed by atoms with E-state index in [2.05, 4.69) is 5.32 Å². The maximum Gasteiger partial charge on any atom is 0.227 e. The van der Waals surface area contributed by atoms with Crippen LogP contribution in [-0.2, 0) is 16.1 Å². The average Bonchev–Trinajstić information content (AvgIpc) is 2.70. The van der Waals surface area contributed by atoms with Crippen molar-refractivity contribution in [2.75, 3.05) is 19.8 Å². The first kappa shape index (κ1) is 19.3. The molecular formula is C20H22F2N2O3. The maximum absolute atomic E-state index is 14.3. The molecule has 5 nitrogen and oxygen atoms in total. The maximum atomic E-state index is 14.3. The van der Waals surface area contributed by atoms with Gasteiger partial charge in [0.2, 0.25) is 5.91 Å². The van der Waals surface area contributed by atoms with Gasteiger partial charge < -0.3 is 20.5 Å². The van der Waals surface area contributed by atoms with Gasteiger partial charge >= 0.3 is 0 Å². The van der Waals surface area contributed by atoms with Gasteiger partial charge in [0.1, 0.15) is 0 Å². The number of halogens is 2. The molecule has 3 rings (SSSR count). The molecule has 0 unspecified atom stereocenters. The molecule has 0 aromatic heterocycles. The first-order chi connectivity index (χ1) is 13.0. The zero-order valence-electron chi connectivity index (χ0n) is 14.8. The molecule has 1 fully saturated rings. The lowest BCUT2D eigenvalue weighted by Gasteiger charge is -2.34. The SMILES string of the molecule is NCC1(C(=O)NCc2ccc(Oc3ccccc3F)c(F)c2)CCOCC1. The third-order valence-electron chi connectivity index (χ3n) is 4.83. The fraction of sp³-hybridized carbons (Fsp3) is 0.350. The summed E-state index contributed by atoms with van der Waals surface area (Å²) in [4.78, 5) is 12.5. The number of hydrogen-bond acceptors (Lipinski definition) is 4. The lowest BCUT2D eigenvalue weighted by molar-refractivity contribution is -0.136. The van der Waals surface area contributed by atoms with Gasteiger partial charge in [0.25, 0.3) is 0 Å². The summed E-state index contributed by atoms with van der Waals surface area (Å²) in [5.74, 6) is -1.50. The lowest BCUT2D eigenvalue weighted by atomic mass is 9.79. The number of nitrogens with one attached hydrogen (secondary N) is 1. The van der Waals surface area contributed by atoms with Crippen LogP contribution in [0.3, 0.4) is 0 Å². The zero-order chi connectivity index (χ0) is 19.3. The van der Waals surface area contributed by atoms with Crippen molar-refractivity contribution in [3.63, 3.8) is 0 Å². The Balaban J connectivity index is 1.64. The number of para-hydroxylation sites is 1. The van der Waals surface area contributed by atoms with Gasteiger partial charge in [-0.05, 0) is 42.7 Å². The number of benzene rings is 2. The van der Waals surface area contributed by atoms with Crippen LogP contribution >= 0.6 is 0 Å². The summed E-state index contributed by atoms with van der Waals surface area (Å²) < 4.78 is 38.5. The number of ether oxygens (including phenoxy) is 2. The number of amides is 1. The van der Waals surface area contributed by atoms with Gasteiger partial charge in [0, 0.05) is 26.3 Å². The average molecular weight is 376 g/mol. The predicted octanol–water partition coefficient (Wildman–Crippen LogP) is 3.13. The van der Waals surface area contributed by atoms with Crippen LogP contribution in [0, 0.1) is 17.0 Å². The Bertz CT molecular complexity index is 808. The highest BCUT2D eigenvalue weighted by atomic mass is 19.1. The molecule has 0 saturated carbocycles. The van der Waals surface area contributed by atoms with Gasteiger partial charge in [-0.3, -0.25) is 4.79 Å². The summed E-state index contributed by atoms with van der Waals surface area (Å²) in [5, 5.41) is 2.82. The van der Waals surface area contributed by atoms with Crippen molar-refractivity contribution < 1.29 is 23.0 Å². The van der Waals surface area contributed by atoms with Crippen LogP contribution in [0.15, 0.2) is 42.5 Å². The second-order valence-electron chi connectivity index (χ2n) is 6.58. The molecule has 0 spiro atoms. The summed E-state index contributed by atoms with van der Waals surface area (Å²) in [5.41, 5.74) is 5.75. The molecule has 1 heterocycles. The number of carbonyl (C=O) groups is 1. The van der Waals surface area contributed by atoms with E-state index in [1.807, 2.05) is 0 Å². The Hall–Kier alpha value is -2.51. The molecule has 1 amide bonds. The second-order valence-corrected chi connectivity index (χ2v) is 6.58. The largest absolute Gasteiger partial charge is 0.451 e. The molecule has 0 aliphatic carbocycles. The van der Waals surface area contributed by atoms with Gasteiger partial charge in [-0.25, -0.2) is 8.78 Å². The summed E-state index contributed by atoms with van der Waals surface area (Å²) in [6.07, 6.45) is 1.14. The number of nitrogens with two attached hydrogens (primary N) is 1. The summed E-state index contributed by atoms with van der Waals surface area (Å²) in [6.45, 7) is 1.41. The fourth-order valence-corrected chi connectivity index (χ4v) is 3.04. The standard InChI is InChI=1S/C20H22F2N2O3/c21-15-3-1-2-4-17(15)27-18-6-5-14(11-16(18)22)12-24-19(25)20(13-23)7-9-26-10-8-20/h1-6,11H,7-10,12-13,23H2,(H,24,25). The molecule has 0 radical (unpaired) electrons. The third kappa shape index (κ3) is 4.43. The van der Waals surface area contributed by atoms with Crippen LogP contribution < -0.4 is 15.8 Å². The van der Waals surface area contributed by atoms with Gasteiger partial charge in [0.05, 0.1) is 5.41 Å². The second kappa shape index (κ2) is 8.45. The van der Waals surface area contributed by atoms with Crippen LogP contribution in [0.25, 0.3) is 0 Å². The number of carbonyl (C=O) groups excluding carboxylic acids is 1. The van der Waals surface area contributed by atoms with Crippen LogP contribution in [-0.4, -0.2) is 25.7 Å². The topological polar surface area (TPSA) is 73.6 Å². The summed E-state index contributed by atoms with van der Waals surface area (Å²) in [7, 11) is 0. The van der Waals surface area contributed by atoms with Crippen LogP contribution in [0.2, 0.25) is 0 Å². The van der Waals surface area contributed by atoms with Gasteiger partial charge in [-0.15, -0.1) is 0 Å². The molecule has 2 aromatic rings. The molecule has 27 heavy (non-hydrogen) atoms. The molecule has 2 aromatic carbocycles. The fourth-order valence-electron chi connectivity index (χ4n) is 3.04. The van der Waals surface area contributed by atoms with E-state index in [4.69, 9.17) is 15.2 Å². The van der Waals surface area contributed by atoms with E-state index in [1.54, 1.807) is 12.1 Å². The smallest absolute Gasteiger partial charge is 0.227 e. The predicted molar refractivity (Wildman–Crippen MR) is 96.3 cm³/mol. The summed E-state index contributed by atoms with van der Waals surface area (Å²) in [6, 6.07) is 10.1. The van der Waals surface area contributed by atoms with Crippen molar-refractivity contribution in [2.24, 2.45) is 11.1 Å².